The second-order valence-electron chi connectivity index (χ2n) is 5.65. The van der Waals surface area contributed by atoms with E-state index in [0.29, 0.717) is 18.4 Å². The molecule has 2 aliphatic heterocycles. The van der Waals surface area contributed by atoms with E-state index in [4.69, 9.17) is 0 Å². The molecule has 0 saturated carbocycles. The Morgan fingerprint density at radius 3 is 3.00 bits per heavy atom. The van der Waals surface area contributed by atoms with Gasteiger partial charge in [0.15, 0.2) is 0 Å². The van der Waals surface area contributed by atoms with Gasteiger partial charge in [-0.3, -0.25) is 9.69 Å². The van der Waals surface area contributed by atoms with Gasteiger partial charge in [-0.1, -0.05) is 6.92 Å². The van der Waals surface area contributed by atoms with Crippen molar-refractivity contribution in [2.24, 2.45) is 5.92 Å². The van der Waals surface area contributed by atoms with Crippen molar-refractivity contribution in [1.29, 1.82) is 0 Å². The lowest BCUT2D eigenvalue weighted by atomic mass is 9.96. The molecule has 0 aromatic heterocycles. The number of nitrogens with one attached hydrogen (secondary N) is 2. The zero-order chi connectivity index (χ0) is 12.8. The first kappa shape index (κ1) is 13.8. The van der Waals surface area contributed by atoms with Crippen molar-refractivity contribution in [3.8, 4) is 0 Å². The van der Waals surface area contributed by atoms with Gasteiger partial charge in [0.1, 0.15) is 0 Å². The molecule has 2 atom stereocenters. The first-order valence-electron chi connectivity index (χ1n) is 7.51. The van der Waals surface area contributed by atoms with E-state index in [1.807, 2.05) is 0 Å². The number of hydrogen-bond donors (Lipinski definition) is 2. The molecule has 0 aromatic carbocycles. The third kappa shape index (κ3) is 3.95. The average molecular weight is 253 g/mol. The van der Waals surface area contributed by atoms with E-state index < -0.39 is 0 Å². The minimum atomic E-state index is 0.242. The molecule has 2 N–H and O–H groups in total. The van der Waals surface area contributed by atoms with Gasteiger partial charge in [-0.25, -0.2) is 0 Å². The monoisotopic (exact) mass is 253 g/mol. The third-order valence-electron chi connectivity index (χ3n) is 4.31. The summed E-state index contributed by atoms with van der Waals surface area (Å²) in [7, 11) is 0. The molecule has 0 aromatic rings. The van der Waals surface area contributed by atoms with Gasteiger partial charge in [0.2, 0.25) is 5.91 Å². The number of likely N-dealkylation sites (N-methyl/N-ethyl adjacent to an activating group) is 1. The van der Waals surface area contributed by atoms with Crippen molar-refractivity contribution in [3.05, 3.63) is 0 Å². The Morgan fingerprint density at radius 2 is 2.28 bits per heavy atom. The van der Waals surface area contributed by atoms with E-state index in [2.05, 4.69) is 22.5 Å². The molecule has 2 aliphatic rings. The molecule has 4 heteroatoms. The van der Waals surface area contributed by atoms with Gasteiger partial charge < -0.3 is 10.6 Å². The first-order valence-corrected chi connectivity index (χ1v) is 7.51. The highest BCUT2D eigenvalue weighted by Crippen LogP contribution is 2.16. The Balaban J connectivity index is 1.64. The summed E-state index contributed by atoms with van der Waals surface area (Å²) in [6, 6.07) is 0.573. The van der Waals surface area contributed by atoms with Crippen LogP contribution < -0.4 is 10.6 Å². The summed E-state index contributed by atoms with van der Waals surface area (Å²) in [6.07, 6.45) is 5.63. The third-order valence-corrected chi connectivity index (χ3v) is 4.31. The molecule has 0 radical (unpaired) electrons. The molecule has 104 valence electrons. The van der Waals surface area contributed by atoms with Crippen LogP contribution in [0.25, 0.3) is 0 Å². The molecule has 2 rings (SSSR count). The van der Waals surface area contributed by atoms with Crippen LogP contribution in [0, 0.1) is 5.92 Å². The van der Waals surface area contributed by atoms with Crippen LogP contribution in [0.3, 0.4) is 0 Å². The second-order valence-corrected chi connectivity index (χ2v) is 5.65. The molecule has 2 fully saturated rings. The first-order chi connectivity index (χ1) is 8.79. The maximum absolute atomic E-state index is 11.9. The Hall–Kier alpha value is -0.610. The van der Waals surface area contributed by atoms with Crippen molar-refractivity contribution in [3.63, 3.8) is 0 Å². The molecule has 2 unspecified atom stereocenters. The quantitative estimate of drug-likeness (QED) is 0.767. The maximum Gasteiger partial charge on any atom is 0.220 e. The van der Waals surface area contributed by atoms with Gasteiger partial charge in [0.25, 0.3) is 0 Å². The van der Waals surface area contributed by atoms with Gasteiger partial charge in [0.05, 0.1) is 0 Å². The summed E-state index contributed by atoms with van der Waals surface area (Å²) in [6.45, 7) is 7.47. The molecule has 2 heterocycles. The summed E-state index contributed by atoms with van der Waals surface area (Å²) in [5.41, 5.74) is 0. The molecule has 18 heavy (non-hydrogen) atoms. The fraction of sp³-hybridized carbons (Fsp3) is 0.929. The summed E-state index contributed by atoms with van der Waals surface area (Å²) >= 11 is 0. The van der Waals surface area contributed by atoms with E-state index in [1.165, 1.54) is 32.2 Å². The standard InChI is InChI=1S/C14H27N3O/c1-2-17-8-4-6-13(17)11-16-14(18)9-12-5-3-7-15-10-12/h12-13,15H,2-11H2,1H3,(H,16,18). The number of nitrogens with zero attached hydrogens (tertiary/aromatic N) is 1. The molecule has 0 spiro atoms. The number of rotatable bonds is 5. The predicted molar refractivity (Wildman–Crippen MR) is 73.5 cm³/mol. The lowest BCUT2D eigenvalue weighted by Crippen LogP contribution is -2.41. The molecular formula is C14H27N3O. The van der Waals surface area contributed by atoms with Crippen molar-refractivity contribution in [2.75, 3.05) is 32.7 Å². The van der Waals surface area contributed by atoms with Gasteiger partial charge in [-0.15, -0.1) is 0 Å². The predicted octanol–water partition coefficient (Wildman–Crippen LogP) is 0.977. The van der Waals surface area contributed by atoms with Crippen LogP contribution in [0.4, 0.5) is 0 Å². The normalized spacial score (nSPS) is 29.4. The number of carbonyl (C=O) groups excluding carboxylic acids is 1. The van der Waals surface area contributed by atoms with Gasteiger partial charge in [-0.05, 0) is 57.8 Å². The van der Waals surface area contributed by atoms with Crippen molar-refractivity contribution in [2.45, 2.75) is 45.1 Å². The summed E-state index contributed by atoms with van der Waals surface area (Å²) < 4.78 is 0. The number of carbonyl (C=O) groups is 1. The number of amides is 1. The Kier molecular flexibility index (Phi) is 5.45. The molecule has 2 saturated heterocycles. The van der Waals surface area contributed by atoms with Gasteiger partial charge >= 0.3 is 0 Å². The van der Waals surface area contributed by atoms with Crippen molar-refractivity contribution >= 4 is 5.91 Å². The van der Waals surface area contributed by atoms with E-state index in [-0.39, 0.29) is 5.91 Å². The Bertz CT molecular complexity index is 264. The van der Waals surface area contributed by atoms with Crippen LogP contribution in [-0.4, -0.2) is 49.6 Å². The molecule has 0 bridgehead atoms. The lowest BCUT2D eigenvalue weighted by Gasteiger charge is -2.25. The highest BCUT2D eigenvalue weighted by Gasteiger charge is 2.23. The minimum absolute atomic E-state index is 0.242. The van der Waals surface area contributed by atoms with E-state index in [9.17, 15) is 4.79 Å². The fourth-order valence-corrected chi connectivity index (χ4v) is 3.21. The van der Waals surface area contributed by atoms with Crippen molar-refractivity contribution < 1.29 is 4.79 Å². The maximum atomic E-state index is 11.9. The SMILES string of the molecule is CCN1CCCC1CNC(=O)CC1CCCNC1. The highest BCUT2D eigenvalue weighted by molar-refractivity contribution is 5.76. The van der Waals surface area contributed by atoms with Gasteiger partial charge in [-0.2, -0.15) is 0 Å². The van der Waals surface area contributed by atoms with Crippen LogP contribution in [0.5, 0.6) is 0 Å². The van der Waals surface area contributed by atoms with Crippen LogP contribution in [0.1, 0.15) is 39.0 Å². The van der Waals surface area contributed by atoms with Crippen LogP contribution in [0.15, 0.2) is 0 Å². The molecular weight excluding hydrogens is 226 g/mol. The van der Waals surface area contributed by atoms with E-state index in [0.717, 1.165) is 26.2 Å². The van der Waals surface area contributed by atoms with Gasteiger partial charge in [0, 0.05) is 19.0 Å². The number of hydrogen-bond acceptors (Lipinski definition) is 3. The summed E-state index contributed by atoms with van der Waals surface area (Å²) in [5, 5.41) is 6.49. The Labute approximate surface area is 110 Å². The lowest BCUT2D eigenvalue weighted by molar-refractivity contribution is -0.122. The van der Waals surface area contributed by atoms with E-state index in [1.54, 1.807) is 0 Å². The average Bonchev–Trinajstić information content (AvgIpc) is 2.85. The highest BCUT2D eigenvalue weighted by atomic mass is 16.1. The van der Waals surface area contributed by atoms with E-state index >= 15 is 0 Å². The van der Waals surface area contributed by atoms with Crippen LogP contribution in [-0.2, 0) is 4.79 Å². The second kappa shape index (κ2) is 7.10. The smallest absolute Gasteiger partial charge is 0.220 e. The molecule has 4 nitrogen and oxygen atoms in total. The number of likely N-dealkylation sites (tertiary alicyclic amines) is 1. The zero-order valence-corrected chi connectivity index (χ0v) is 11.6. The number of piperidine rings is 1. The summed E-state index contributed by atoms with van der Waals surface area (Å²) in [5.74, 6) is 0.788. The fourth-order valence-electron chi connectivity index (χ4n) is 3.21. The Morgan fingerprint density at radius 1 is 1.39 bits per heavy atom. The van der Waals surface area contributed by atoms with Crippen LogP contribution in [0.2, 0.25) is 0 Å². The molecule has 1 amide bonds. The summed E-state index contributed by atoms with van der Waals surface area (Å²) in [4.78, 5) is 14.4. The largest absolute Gasteiger partial charge is 0.355 e. The molecule has 0 aliphatic carbocycles. The van der Waals surface area contributed by atoms with Crippen molar-refractivity contribution in [1.82, 2.24) is 15.5 Å². The minimum Gasteiger partial charge on any atom is -0.355 e. The topological polar surface area (TPSA) is 44.4 Å². The zero-order valence-electron chi connectivity index (χ0n) is 11.6. The van der Waals surface area contributed by atoms with Crippen LogP contribution >= 0.6 is 0 Å².